The van der Waals surface area contributed by atoms with Crippen LogP contribution in [0.1, 0.15) is 25.0 Å². The van der Waals surface area contributed by atoms with E-state index in [2.05, 4.69) is 16.8 Å². The van der Waals surface area contributed by atoms with Crippen LogP contribution >= 0.6 is 24.8 Å². The van der Waals surface area contributed by atoms with E-state index in [1.807, 2.05) is 6.92 Å². The highest BCUT2D eigenvalue weighted by molar-refractivity contribution is 5.85. The first-order chi connectivity index (χ1) is 7.15. The van der Waals surface area contributed by atoms with Gasteiger partial charge in [-0.25, -0.2) is 4.98 Å². The normalized spacial score (nSPS) is 24.9. The Bertz CT molecular complexity index is 332. The largest absolute Gasteiger partial charge is 0.445 e. The molecule has 0 bridgehead atoms. The zero-order valence-corrected chi connectivity index (χ0v) is 11.9. The van der Waals surface area contributed by atoms with E-state index in [0.29, 0.717) is 12.0 Å². The number of oxazole rings is 1. The maximum Gasteiger partial charge on any atom is 0.208 e. The van der Waals surface area contributed by atoms with Gasteiger partial charge in [-0.05, 0) is 19.3 Å². The Balaban J connectivity index is 0.00000128. The van der Waals surface area contributed by atoms with Gasteiger partial charge in [0.1, 0.15) is 5.76 Å². The van der Waals surface area contributed by atoms with Gasteiger partial charge in [0, 0.05) is 19.1 Å². The van der Waals surface area contributed by atoms with Gasteiger partial charge in [-0.2, -0.15) is 0 Å². The van der Waals surface area contributed by atoms with Crippen molar-refractivity contribution in [1.82, 2.24) is 9.88 Å². The molecule has 1 aromatic heterocycles. The molecule has 2 heterocycles. The summed E-state index contributed by atoms with van der Waals surface area (Å²) in [6.07, 6.45) is 2.84. The van der Waals surface area contributed by atoms with E-state index in [4.69, 9.17) is 10.2 Å². The second kappa shape index (κ2) is 7.21. The molecule has 0 aromatic carbocycles. The first-order valence-corrected chi connectivity index (χ1v) is 5.54. The lowest BCUT2D eigenvalue weighted by Crippen LogP contribution is -2.45. The van der Waals surface area contributed by atoms with Crippen molar-refractivity contribution in [2.24, 2.45) is 11.7 Å². The zero-order valence-electron chi connectivity index (χ0n) is 10.3. The highest BCUT2D eigenvalue weighted by Gasteiger charge is 2.23. The number of hydrogen-bond acceptors (Lipinski definition) is 4. The quantitative estimate of drug-likeness (QED) is 0.901. The summed E-state index contributed by atoms with van der Waals surface area (Å²) in [5.74, 6) is 2.26. The average molecular weight is 282 g/mol. The number of nitrogens with two attached hydrogens (primary N) is 1. The number of hydrogen-bond donors (Lipinski definition) is 1. The predicted molar refractivity (Wildman–Crippen MR) is 72.8 cm³/mol. The summed E-state index contributed by atoms with van der Waals surface area (Å²) in [6, 6.07) is 0.354. The molecule has 17 heavy (non-hydrogen) atoms. The number of likely N-dealkylation sites (tertiary alicyclic amines) is 1. The molecule has 1 fully saturated rings. The molecule has 0 spiro atoms. The van der Waals surface area contributed by atoms with Crippen molar-refractivity contribution in [1.29, 1.82) is 0 Å². The fourth-order valence-electron chi connectivity index (χ4n) is 2.06. The number of nitrogens with zero attached hydrogens (tertiary/aromatic N) is 2. The van der Waals surface area contributed by atoms with Crippen LogP contribution in [0.2, 0.25) is 0 Å². The molecule has 1 aromatic rings. The van der Waals surface area contributed by atoms with Gasteiger partial charge < -0.3 is 10.2 Å². The van der Waals surface area contributed by atoms with Crippen LogP contribution in [-0.2, 0) is 6.54 Å². The van der Waals surface area contributed by atoms with Crippen LogP contribution in [0.3, 0.4) is 0 Å². The van der Waals surface area contributed by atoms with E-state index in [1.54, 1.807) is 6.20 Å². The van der Waals surface area contributed by atoms with Gasteiger partial charge in [0.25, 0.3) is 0 Å². The maximum atomic E-state index is 5.97. The van der Waals surface area contributed by atoms with Gasteiger partial charge in [-0.1, -0.05) is 6.92 Å². The number of rotatable bonds is 2. The van der Waals surface area contributed by atoms with Crippen LogP contribution in [0.25, 0.3) is 0 Å². The van der Waals surface area contributed by atoms with Gasteiger partial charge in [-0.3, -0.25) is 4.90 Å². The van der Waals surface area contributed by atoms with E-state index in [1.165, 1.54) is 0 Å². The van der Waals surface area contributed by atoms with Crippen molar-refractivity contribution >= 4 is 24.8 Å². The third-order valence-electron chi connectivity index (χ3n) is 3.08. The number of piperidine rings is 1. The Morgan fingerprint density at radius 1 is 1.53 bits per heavy atom. The molecule has 100 valence electrons. The lowest BCUT2D eigenvalue weighted by Gasteiger charge is -2.34. The Labute approximate surface area is 115 Å². The monoisotopic (exact) mass is 281 g/mol. The zero-order chi connectivity index (χ0) is 10.8. The summed E-state index contributed by atoms with van der Waals surface area (Å²) in [5, 5.41) is 0. The summed E-state index contributed by atoms with van der Waals surface area (Å²) in [7, 11) is 0. The van der Waals surface area contributed by atoms with E-state index in [9.17, 15) is 0 Å². The van der Waals surface area contributed by atoms with Crippen LogP contribution in [0, 0.1) is 12.8 Å². The van der Waals surface area contributed by atoms with E-state index >= 15 is 0 Å². The van der Waals surface area contributed by atoms with E-state index < -0.39 is 0 Å². The molecule has 1 aliphatic heterocycles. The van der Waals surface area contributed by atoms with Crippen LogP contribution in [0.15, 0.2) is 10.6 Å². The van der Waals surface area contributed by atoms with Crippen molar-refractivity contribution in [3.05, 3.63) is 17.8 Å². The van der Waals surface area contributed by atoms with Crippen molar-refractivity contribution in [2.75, 3.05) is 13.1 Å². The van der Waals surface area contributed by atoms with Crippen molar-refractivity contribution in [3.63, 3.8) is 0 Å². The maximum absolute atomic E-state index is 5.97. The Morgan fingerprint density at radius 3 is 2.76 bits per heavy atom. The summed E-state index contributed by atoms with van der Waals surface area (Å²) >= 11 is 0. The average Bonchev–Trinajstić information content (AvgIpc) is 2.58. The highest BCUT2D eigenvalue weighted by atomic mass is 35.5. The summed E-state index contributed by atoms with van der Waals surface area (Å²) in [4.78, 5) is 6.57. The SMILES string of the molecule is Cc1cnc(CN2CCC(N)C(C)C2)o1.Cl.Cl. The lowest BCUT2D eigenvalue weighted by molar-refractivity contribution is 0.145. The highest BCUT2D eigenvalue weighted by Crippen LogP contribution is 2.17. The molecule has 1 saturated heterocycles. The molecule has 2 N–H and O–H groups in total. The van der Waals surface area contributed by atoms with Gasteiger partial charge in [0.05, 0.1) is 12.7 Å². The van der Waals surface area contributed by atoms with Gasteiger partial charge in [0.15, 0.2) is 0 Å². The Morgan fingerprint density at radius 2 is 2.24 bits per heavy atom. The molecule has 2 unspecified atom stereocenters. The topological polar surface area (TPSA) is 55.3 Å². The van der Waals surface area contributed by atoms with E-state index in [0.717, 1.165) is 37.7 Å². The van der Waals surface area contributed by atoms with Crippen molar-refractivity contribution in [2.45, 2.75) is 32.9 Å². The molecule has 0 aliphatic carbocycles. The Kier molecular flexibility index (Phi) is 7.09. The second-order valence-electron chi connectivity index (χ2n) is 4.53. The molecular formula is C11H21Cl2N3O. The molecule has 1 aliphatic rings. The Hall–Kier alpha value is -0.290. The van der Waals surface area contributed by atoms with Crippen LogP contribution in [-0.4, -0.2) is 29.0 Å². The van der Waals surface area contributed by atoms with Crippen LogP contribution in [0.5, 0.6) is 0 Å². The van der Waals surface area contributed by atoms with Gasteiger partial charge in [0.2, 0.25) is 5.89 Å². The fraction of sp³-hybridized carbons (Fsp3) is 0.727. The van der Waals surface area contributed by atoms with Crippen LogP contribution < -0.4 is 5.73 Å². The minimum absolute atomic E-state index is 0. The summed E-state index contributed by atoms with van der Waals surface area (Å²) in [5.41, 5.74) is 5.97. The smallest absolute Gasteiger partial charge is 0.208 e. The minimum atomic E-state index is 0. The number of aryl methyl sites for hydroxylation is 1. The number of aromatic nitrogens is 1. The second-order valence-corrected chi connectivity index (χ2v) is 4.53. The molecule has 0 amide bonds. The van der Waals surface area contributed by atoms with Crippen LogP contribution in [0.4, 0.5) is 0 Å². The molecular weight excluding hydrogens is 261 g/mol. The third kappa shape index (κ3) is 4.47. The minimum Gasteiger partial charge on any atom is -0.445 e. The van der Waals surface area contributed by atoms with Gasteiger partial charge >= 0.3 is 0 Å². The first kappa shape index (κ1) is 16.7. The van der Waals surface area contributed by atoms with Crippen molar-refractivity contribution in [3.8, 4) is 0 Å². The molecule has 0 saturated carbocycles. The molecule has 2 atom stereocenters. The van der Waals surface area contributed by atoms with Crippen molar-refractivity contribution < 1.29 is 4.42 Å². The fourth-order valence-corrected chi connectivity index (χ4v) is 2.06. The molecule has 6 heteroatoms. The van der Waals surface area contributed by atoms with Gasteiger partial charge in [-0.15, -0.1) is 24.8 Å². The summed E-state index contributed by atoms with van der Waals surface area (Å²) in [6.45, 7) is 7.03. The molecule has 0 radical (unpaired) electrons. The summed E-state index contributed by atoms with van der Waals surface area (Å²) < 4.78 is 5.46. The third-order valence-corrected chi connectivity index (χ3v) is 3.08. The predicted octanol–water partition coefficient (Wildman–Crippen LogP) is 2.00. The standard InChI is InChI=1S/C11H19N3O.2ClH/c1-8-6-14(4-3-10(8)12)7-11-13-5-9(2)15-11;;/h5,8,10H,3-4,6-7,12H2,1-2H3;2*1H. The lowest BCUT2D eigenvalue weighted by atomic mass is 9.95. The molecule has 2 rings (SSSR count). The first-order valence-electron chi connectivity index (χ1n) is 5.54. The molecule has 4 nitrogen and oxygen atoms in total. The number of halogens is 2. The van der Waals surface area contributed by atoms with E-state index in [-0.39, 0.29) is 24.8 Å².